The molecule has 0 atom stereocenters. The predicted octanol–water partition coefficient (Wildman–Crippen LogP) is 4.57. The second-order valence-corrected chi connectivity index (χ2v) is 7.15. The second kappa shape index (κ2) is 7.46. The van der Waals surface area contributed by atoms with Crippen molar-refractivity contribution >= 4 is 0 Å². The van der Waals surface area contributed by atoms with Crippen molar-refractivity contribution in [2.45, 2.75) is 79.1 Å². The van der Waals surface area contributed by atoms with Crippen LogP contribution >= 0.6 is 0 Å². The zero-order chi connectivity index (χ0) is 15.3. The van der Waals surface area contributed by atoms with Gasteiger partial charge in [-0.25, -0.2) is 0 Å². The number of hydrogen-bond acceptors (Lipinski definition) is 3. The minimum atomic E-state index is 0.425. The first-order valence-corrected chi connectivity index (χ1v) is 8.40. The average Bonchev–Trinajstić information content (AvgIpc) is 2.78. The highest BCUT2D eigenvalue weighted by atomic mass is 16.5. The summed E-state index contributed by atoms with van der Waals surface area (Å²) in [6, 6.07) is 2.14. The van der Waals surface area contributed by atoms with Crippen LogP contribution in [0.4, 0.5) is 0 Å². The Bertz CT molecular complexity index is 426. The predicted molar refractivity (Wildman–Crippen MR) is 86.3 cm³/mol. The van der Waals surface area contributed by atoms with Crippen LogP contribution in [0.2, 0.25) is 0 Å². The monoisotopic (exact) mass is 293 g/mol. The van der Waals surface area contributed by atoms with Crippen molar-refractivity contribution in [3.05, 3.63) is 23.2 Å². The van der Waals surface area contributed by atoms with Gasteiger partial charge in [0.15, 0.2) is 0 Å². The molecule has 0 amide bonds. The molecule has 1 aromatic heterocycles. The molecule has 0 radical (unpaired) electrons. The van der Waals surface area contributed by atoms with Gasteiger partial charge in [-0.2, -0.15) is 0 Å². The van der Waals surface area contributed by atoms with E-state index in [0.717, 1.165) is 31.0 Å². The summed E-state index contributed by atoms with van der Waals surface area (Å²) in [5.41, 5.74) is 1.71. The molecule has 21 heavy (non-hydrogen) atoms. The van der Waals surface area contributed by atoms with E-state index in [-0.39, 0.29) is 0 Å². The van der Waals surface area contributed by atoms with E-state index in [9.17, 15) is 0 Å². The van der Waals surface area contributed by atoms with Crippen LogP contribution in [0.1, 0.15) is 70.0 Å². The van der Waals surface area contributed by atoms with E-state index in [1.807, 2.05) is 6.92 Å². The van der Waals surface area contributed by atoms with Crippen LogP contribution in [0, 0.1) is 12.3 Å². The Morgan fingerprint density at radius 2 is 2.05 bits per heavy atom. The minimum absolute atomic E-state index is 0.425. The Morgan fingerprint density at radius 3 is 2.71 bits per heavy atom. The van der Waals surface area contributed by atoms with E-state index >= 15 is 0 Å². The Balaban J connectivity index is 1.78. The van der Waals surface area contributed by atoms with Crippen LogP contribution in [0.5, 0.6) is 0 Å². The topological polar surface area (TPSA) is 34.4 Å². The maximum Gasteiger partial charge on any atom is 0.118 e. The lowest BCUT2D eigenvalue weighted by Crippen LogP contribution is -2.26. The summed E-state index contributed by atoms with van der Waals surface area (Å²) in [6.07, 6.45) is 6.49. The van der Waals surface area contributed by atoms with Crippen LogP contribution in [-0.4, -0.2) is 12.6 Å². The Kier molecular flexibility index (Phi) is 5.88. The van der Waals surface area contributed by atoms with Gasteiger partial charge in [0.25, 0.3) is 0 Å². The quantitative estimate of drug-likeness (QED) is 0.748. The molecule has 0 unspecified atom stereocenters. The summed E-state index contributed by atoms with van der Waals surface area (Å²) >= 11 is 0. The maximum atomic E-state index is 6.10. The fourth-order valence-corrected chi connectivity index (χ4v) is 2.95. The molecular weight excluding hydrogens is 262 g/mol. The van der Waals surface area contributed by atoms with Gasteiger partial charge in [-0.1, -0.05) is 20.8 Å². The highest BCUT2D eigenvalue weighted by molar-refractivity contribution is 5.20. The highest BCUT2D eigenvalue weighted by Crippen LogP contribution is 2.36. The van der Waals surface area contributed by atoms with Crippen LogP contribution in [0.15, 0.2) is 10.5 Å². The van der Waals surface area contributed by atoms with Crippen LogP contribution < -0.4 is 5.32 Å². The Labute approximate surface area is 129 Å². The second-order valence-electron chi connectivity index (χ2n) is 7.15. The zero-order valence-electron chi connectivity index (χ0n) is 14.1. The lowest BCUT2D eigenvalue weighted by atomic mass is 9.76. The lowest BCUT2D eigenvalue weighted by molar-refractivity contribution is -0.00598. The summed E-state index contributed by atoms with van der Waals surface area (Å²) in [5, 5.41) is 3.37. The van der Waals surface area contributed by atoms with E-state index < -0.39 is 0 Å². The van der Waals surface area contributed by atoms with Gasteiger partial charge in [-0.15, -0.1) is 0 Å². The van der Waals surface area contributed by atoms with Gasteiger partial charge in [-0.05, 0) is 57.1 Å². The first kappa shape index (κ1) is 16.6. The summed E-state index contributed by atoms with van der Waals surface area (Å²) in [7, 11) is 0. The third-order valence-corrected chi connectivity index (χ3v) is 4.56. The summed E-state index contributed by atoms with van der Waals surface area (Å²) in [4.78, 5) is 0. The van der Waals surface area contributed by atoms with E-state index in [1.54, 1.807) is 0 Å². The molecule has 0 spiro atoms. The molecule has 0 aliphatic heterocycles. The third kappa shape index (κ3) is 5.15. The van der Waals surface area contributed by atoms with Crippen molar-refractivity contribution < 1.29 is 9.15 Å². The fraction of sp³-hybridized carbons (Fsp3) is 0.778. The van der Waals surface area contributed by atoms with E-state index in [0.29, 0.717) is 18.1 Å². The summed E-state index contributed by atoms with van der Waals surface area (Å²) in [5.74, 6) is 2.02. The number of nitrogens with one attached hydrogen (secondary N) is 1. The van der Waals surface area contributed by atoms with Crippen molar-refractivity contribution in [3.63, 3.8) is 0 Å². The first-order valence-electron chi connectivity index (χ1n) is 8.40. The molecule has 1 N–H and O–H groups in total. The van der Waals surface area contributed by atoms with E-state index in [4.69, 9.17) is 9.15 Å². The Hall–Kier alpha value is -0.800. The molecule has 0 aromatic carbocycles. The number of furan rings is 1. The van der Waals surface area contributed by atoms with Gasteiger partial charge < -0.3 is 14.5 Å². The molecule has 1 aliphatic rings. The normalized spacial score (nSPS) is 19.0. The van der Waals surface area contributed by atoms with E-state index in [2.05, 4.69) is 32.2 Å². The van der Waals surface area contributed by atoms with Crippen molar-refractivity contribution in [2.24, 2.45) is 5.41 Å². The maximum absolute atomic E-state index is 6.10. The molecule has 0 saturated heterocycles. The molecule has 1 aliphatic carbocycles. The smallest absolute Gasteiger partial charge is 0.118 e. The number of aryl methyl sites for hydroxylation is 1. The van der Waals surface area contributed by atoms with E-state index in [1.165, 1.54) is 31.2 Å². The lowest BCUT2D eigenvalue weighted by Gasteiger charge is -2.34. The minimum Gasteiger partial charge on any atom is -0.465 e. The van der Waals surface area contributed by atoms with Gasteiger partial charge in [0.1, 0.15) is 11.5 Å². The van der Waals surface area contributed by atoms with Crippen LogP contribution in [0.3, 0.4) is 0 Å². The Morgan fingerprint density at radius 1 is 1.33 bits per heavy atom. The molecule has 120 valence electrons. The zero-order valence-corrected chi connectivity index (χ0v) is 14.1. The number of ether oxygens (including phenoxy) is 1. The molecule has 2 rings (SSSR count). The largest absolute Gasteiger partial charge is 0.465 e. The molecule has 1 aromatic rings. The van der Waals surface area contributed by atoms with Crippen LogP contribution in [0.25, 0.3) is 0 Å². The first-order chi connectivity index (χ1) is 10.00. The van der Waals surface area contributed by atoms with Gasteiger partial charge >= 0.3 is 0 Å². The van der Waals surface area contributed by atoms with Gasteiger partial charge in [0.05, 0.1) is 19.3 Å². The van der Waals surface area contributed by atoms with Gasteiger partial charge in [-0.3, -0.25) is 0 Å². The molecule has 3 nitrogen and oxygen atoms in total. The number of rotatable bonds is 7. The molecular formula is C18H31NO2. The van der Waals surface area contributed by atoms with Crippen molar-refractivity contribution in [3.8, 4) is 0 Å². The number of hydrogen-bond donors (Lipinski definition) is 1. The summed E-state index contributed by atoms with van der Waals surface area (Å²) < 4.78 is 11.9. The molecule has 1 saturated carbocycles. The highest BCUT2D eigenvalue weighted by Gasteiger charge is 2.27. The SMILES string of the molecule is CCCNCc1cc(COC2CCC(C)(C)CC2)c(C)o1. The average molecular weight is 293 g/mol. The van der Waals surface area contributed by atoms with Crippen LogP contribution in [-0.2, 0) is 17.9 Å². The van der Waals surface area contributed by atoms with Crippen molar-refractivity contribution in [1.82, 2.24) is 5.32 Å². The molecule has 0 bridgehead atoms. The molecule has 1 heterocycles. The van der Waals surface area contributed by atoms with Gasteiger partial charge in [0.2, 0.25) is 0 Å². The summed E-state index contributed by atoms with van der Waals surface area (Å²) in [6.45, 7) is 11.5. The third-order valence-electron chi connectivity index (χ3n) is 4.56. The fourth-order valence-electron chi connectivity index (χ4n) is 2.95. The standard InChI is InChI=1S/C18H31NO2/c1-5-10-19-12-17-11-15(14(2)21-17)13-20-16-6-8-18(3,4)9-7-16/h11,16,19H,5-10,12-13H2,1-4H3. The van der Waals surface area contributed by atoms with Crippen molar-refractivity contribution in [2.75, 3.05) is 6.54 Å². The van der Waals surface area contributed by atoms with Crippen molar-refractivity contribution in [1.29, 1.82) is 0 Å². The molecule has 3 heteroatoms. The van der Waals surface area contributed by atoms with Gasteiger partial charge in [0, 0.05) is 5.56 Å². The molecule has 1 fully saturated rings.